The van der Waals surface area contributed by atoms with Crippen LogP contribution in [0.3, 0.4) is 0 Å². The topological polar surface area (TPSA) is 3.24 Å². The Labute approximate surface area is 314 Å². The smallest absolute Gasteiger partial charge is 0.0462 e. The van der Waals surface area contributed by atoms with Crippen molar-refractivity contribution in [2.24, 2.45) is 17.8 Å². The van der Waals surface area contributed by atoms with Crippen molar-refractivity contribution < 1.29 is 0 Å². The summed E-state index contributed by atoms with van der Waals surface area (Å²) in [6, 6.07) is 66.9. The maximum absolute atomic E-state index is 2.46. The van der Waals surface area contributed by atoms with Gasteiger partial charge in [0.25, 0.3) is 0 Å². The molecule has 4 saturated carbocycles. The predicted octanol–water partition coefficient (Wildman–Crippen LogP) is 14.3. The van der Waals surface area contributed by atoms with Gasteiger partial charge in [0.15, 0.2) is 0 Å². The van der Waals surface area contributed by atoms with E-state index < -0.39 is 0 Å². The second-order valence-corrected chi connectivity index (χ2v) is 16.1. The monoisotopic (exact) mass is 683 g/mol. The van der Waals surface area contributed by atoms with Gasteiger partial charge in [-0.3, -0.25) is 0 Å². The maximum Gasteiger partial charge on any atom is 0.0462 e. The van der Waals surface area contributed by atoms with Crippen molar-refractivity contribution in [2.45, 2.75) is 43.9 Å². The number of hydrogen-bond acceptors (Lipinski definition) is 1. The van der Waals surface area contributed by atoms with Crippen LogP contribution in [0.2, 0.25) is 0 Å². The first-order chi connectivity index (χ1) is 26.2. The van der Waals surface area contributed by atoms with E-state index in [-0.39, 0.29) is 0 Å². The summed E-state index contributed by atoms with van der Waals surface area (Å²) in [6.45, 7) is 0. The lowest BCUT2D eigenvalue weighted by Gasteiger charge is -2.57. The van der Waals surface area contributed by atoms with Crippen LogP contribution >= 0.6 is 0 Å². The number of hydrogen-bond donors (Lipinski definition) is 0. The lowest BCUT2D eigenvalue weighted by atomic mass is 9.48. The highest BCUT2D eigenvalue weighted by atomic mass is 15.1. The molecule has 0 aliphatic heterocycles. The minimum atomic E-state index is 0.454. The molecule has 4 aliphatic carbocycles. The van der Waals surface area contributed by atoms with Gasteiger partial charge in [-0.15, -0.1) is 0 Å². The molecule has 1 heteroatoms. The summed E-state index contributed by atoms with van der Waals surface area (Å²) in [5.74, 6) is 2.93. The van der Waals surface area contributed by atoms with Gasteiger partial charge in [0, 0.05) is 17.1 Å². The molecule has 4 bridgehead atoms. The van der Waals surface area contributed by atoms with Crippen molar-refractivity contribution in [1.82, 2.24) is 0 Å². The van der Waals surface area contributed by atoms with Crippen LogP contribution in [0, 0.1) is 17.8 Å². The zero-order valence-corrected chi connectivity index (χ0v) is 30.2. The van der Waals surface area contributed by atoms with E-state index in [1.54, 1.807) is 5.56 Å². The van der Waals surface area contributed by atoms with E-state index in [0.717, 1.165) is 34.8 Å². The molecule has 0 N–H and O–H groups in total. The molecule has 0 aromatic heterocycles. The van der Waals surface area contributed by atoms with Crippen molar-refractivity contribution in [1.29, 1.82) is 0 Å². The average Bonchev–Trinajstić information content (AvgIpc) is 3.22. The molecule has 0 heterocycles. The SMILES string of the molecule is c1ccc(-c2ccc(N(c3ccc(-c4ccccc4)cc3)c3ccc(-c4ccc(-c5ccc(C67CC8CC(CC(C8)C6)C7)cc5)cc4)cc3)cc2)cc1. The van der Waals surface area contributed by atoms with Gasteiger partial charge in [0.2, 0.25) is 0 Å². The third-order valence-electron chi connectivity index (χ3n) is 12.7. The standard InChI is InChI=1S/C52H45N/c1-3-7-40(8-4-1)45-17-25-49(26-18-45)53(50-27-19-46(20-28-50)41-9-5-2-6-10-41)51-29-21-47(22-30-51)43-13-11-42(12-14-43)44-15-23-48(24-16-44)52-34-37-31-38(35-52)33-39(32-37)36-52/h1-30,37-39H,31-36H2. The zero-order chi connectivity index (χ0) is 35.2. The summed E-state index contributed by atoms with van der Waals surface area (Å²) >= 11 is 0. The maximum atomic E-state index is 2.46. The first kappa shape index (κ1) is 32.0. The third-order valence-corrected chi connectivity index (χ3v) is 12.7. The Morgan fingerprint density at radius 2 is 0.566 bits per heavy atom. The minimum Gasteiger partial charge on any atom is -0.311 e. The molecule has 0 amide bonds. The average molecular weight is 684 g/mol. The molecule has 7 aromatic rings. The van der Waals surface area contributed by atoms with E-state index in [2.05, 4.69) is 187 Å². The van der Waals surface area contributed by atoms with E-state index in [4.69, 9.17) is 0 Å². The Hall–Kier alpha value is -5.66. The Bertz CT molecular complexity index is 2180. The van der Waals surface area contributed by atoms with E-state index in [9.17, 15) is 0 Å². The molecule has 1 nitrogen and oxygen atoms in total. The number of nitrogens with zero attached hydrogens (tertiary/aromatic N) is 1. The third kappa shape index (κ3) is 6.19. The van der Waals surface area contributed by atoms with Gasteiger partial charge in [0.05, 0.1) is 0 Å². The molecule has 0 unspecified atom stereocenters. The summed E-state index contributed by atoms with van der Waals surface area (Å²) in [6.07, 6.45) is 8.75. The Balaban J connectivity index is 0.906. The largest absolute Gasteiger partial charge is 0.311 e. The molecule has 0 saturated heterocycles. The van der Waals surface area contributed by atoms with Gasteiger partial charge < -0.3 is 4.90 Å². The fourth-order valence-corrected chi connectivity index (χ4v) is 10.5. The first-order valence-electron chi connectivity index (χ1n) is 19.6. The highest BCUT2D eigenvalue weighted by molar-refractivity contribution is 5.81. The quantitative estimate of drug-likeness (QED) is 0.154. The van der Waals surface area contributed by atoms with Crippen LogP contribution in [0.15, 0.2) is 182 Å². The first-order valence-corrected chi connectivity index (χ1v) is 19.6. The van der Waals surface area contributed by atoms with Gasteiger partial charge in [-0.1, -0.05) is 146 Å². The summed E-state index contributed by atoms with van der Waals surface area (Å²) in [5.41, 5.74) is 15.4. The highest BCUT2D eigenvalue weighted by Gasteiger charge is 2.51. The predicted molar refractivity (Wildman–Crippen MR) is 223 cm³/mol. The molecule has 11 rings (SSSR count). The molecular formula is C52H45N. The van der Waals surface area contributed by atoms with Crippen LogP contribution in [-0.4, -0.2) is 0 Å². The molecule has 0 atom stereocenters. The number of benzene rings is 7. The lowest BCUT2D eigenvalue weighted by Crippen LogP contribution is -2.48. The molecule has 0 radical (unpaired) electrons. The van der Waals surface area contributed by atoms with Crippen LogP contribution in [0.4, 0.5) is 17.1 Å². The van der Waals surface area contributed by atoms with Crippen LogP contribution in [-0.2, 0) is 5.41 Å². The number of rotatable bonds is 8. The van der Waals surface area contributed by atoms with E-state index in [1.165, 1.54) is 83.0 Å². The Kier molecular flexibility index (Phi) is 8.09. The molecule has 0 spiro atoms. The Morgan fingerprint density at radius 1 is 0.302 bits per heavy atom. The summed E-state index contributed by atoms with van der Waals surface area (Å²) in [4.78, 5) is 2.35. The second kappa shape index (κ2) is 13.4. The van der Waals surface area contributed by atoms with Crippen LogP contribution < -0.4 is 4.90 Å². The number of anilines is 3. The summed E-state index contributed by atoms with van der Waals surface area (Å²) in [7, 11) is 0. The van der Waals surface area contributed by atoms with Crippen molar-refractivity contribution in [3.63, 3.8) is 0 Å². The highest BCUT2D eigenvalue weighted by Crippen LogP contribution is 2.60. The van der Waals surface area contributed by atoms with Gasteiger partial charge >= 0.3 is 0 Å². The van der Waals surface area contributed by atoms with Gasteiger partial charge in [-0.05, 0) is 148 Å². The minimum absolute atomic E-state index is 0.454. The van der Waals surface area contributed by atoms with Crippen LogP contribution in [0.1, 0.15) is 44.1 Å². The van der Waals surface area contributed by atoms with E-state index >= 15 is 0 Å². The van der Waals surface area contributed by atoms with Crippen molar-refractivity contribution in [3.05, 3.63) is 188 Å². The summed E-state index contributed by atoms with van der Waals surface area (Å²) < 4.78 is 0. The van der Waals surface area contributed by atoms with Crippen molar-refractivity contribution in [2.75, 3.05) is 4.90 Å². The summed E-state index contributed by atoms with van der Waals surface area (Å²) in [5, 5.41) is 0. The molecule has 53 heavy (non-hydrogen) atoms. The van der Waals surface area contributed by atoms with E-state index in [0.29, 0.717) is 5.41 Å². The van der Waals surface area contributed by atoms with Crippen LogP contribution in [0.5, 0.6) is 0 Å². The Morgan fingerprint density at radius 3 is 0.887 bits per heavy atom. The second-order valence-electron chi connectivity index (χ2n) is 16.1. The molecular weight excluding hydrogens is 639 g/mol. The van der Waals surface area contributed by atoms with Crippen molar-refractivity contribution >= 4 is 17.1 Å². The molecule has 4 fully saturated rings. The van der Waals surface area contributed by atoms with Crippen LogP contribution in [0.25, 0.3) is 44.5 Å². The normalized spacial score (nSPS) is 21.4. The molecule has 4 aliphatic rings. The fourth-order valence-electron chi connectivity index (χ4n) is 10.5. The van der Waals surface area contributed by atoms with Gasteiger partial charge in [-0.25, -0.2) is 0 Å². The van der Waals surface area contributed by atoms with Crippen molar-refractivity contribution in [3.8, 4) is 44.5 Å². The molecule has 258 valence electrons. The van der Waals surface area contributed by atoms with Gasteiger partial charge in [-0.2, -0.15) is 0 Å². The van der Waals surface area contributed by atoms with Gasteiger partial charge in [0.1, 0.15) is 0 Å². The lowest BCUT2D eigenvalue weighted by molar-refractivity contribution is -0.00518. The fraction of sp³-hybridized carbons (Fsp3) is 0.192. The van der Waals surface area contributed by atoms with E-state index in [1.807, 2.05) is 0 Å². The zero-order valence-electron chi connectivity index (χ0n) is 30.2. The molecule has 7 aromatic carbocycles.